The highest BCUT2D eigenvalue weighted by Crippen LogP contribution is 2.25. The van der Waals surface area contributed by atoms with Crippen molar-refractivity contribution in [2.45, 2.75) is 19.8 Å². The Kier molecular flexibility index (Phi) is 3.45. The fourth-order valence-corrected chi connectivity index (χ4v) is 1.74. The van der Waals surface area contributed by atoms with Crippen LogP contribution in [-0.2, 0) is 0 Å². The number of nitrogens with two attached hydrogens (primary N) is 1. The van der Waals surface area contributed by atoms with Gasteiger partial charge in [0, 0.05) is 23.0 Å². The summed E-state index contributed by atoms with van der Waals surface area (Å²) in [5, 5.41) is 4.62. The van der Waals surface area contributed by atoms with Gasteiger partial charge in [0.2, 0.25) is 0 Å². The van der Waals surface area contributed by atoms with Gasteiger partial charge in [-0.3, -0.25) is 0 Å². The van der Waals surface area contributed by atoms with Gasteiger partial charge in [0.05, 0.1) is 0 Å². The van der Waals surface area contributed by atoms with E-state index in [0.29, 0.717) is 23.3 Å². The van der Waals surface area contributed by atoms with Crippen molar-refractivity contribution < 1.29 is 4.52 Å². The molecule has 1 heterocycles. The first kappa shape index (κ1) is 12.1. The molecular weight excluding hydrogens is 238 g/mol. The van der Waals surface area contributed by atoms with E-state index in [0.717, 1.165) is 11.1 Å². The van der Waals surface area contributed by atoms with Crippen LogP contribution in [0.2, 0.25) is 5.02 Å². The highest BCUT2D eigenvalue weighted by atomic mass is 35.5. The minimum atomic E-state index is 0.0973. The highest BCUT2D eigenvalue weighted by molar-refractivity contribution is 6.30. The fraction of sp³-hybridized carbons (Fsp3) is 0.333. The molecule has 1 aromatic carbocycles. The van der Waals surface area contributed by atoms with E-state index in [2.05, 4.69) is 10.1 Å². The van der Waals surface area contributed by atoms with Crippen LogP contribution in [0.4, 0.5) is 0 Å². The van der Waals surface area contributed by atoms with Gasteiger partial charge in [0.1, 0.15) is 0 Å². The highest BCUT2D eigenvalue weighted by Gasteiger charge is 2.14. The third-order valence-corrected chi connectivity index (χ3v) is 2.89. The van der Waals surface area contributed by atoms with Crippen LogP contribution >= 0.6 is 11.6 Å². The van der Waals surface area contributed by atoms with Crippen molar-refractivity contribution in [2.24, 2.45) is 5.73 Å². The molecule has 2 N–H and O–H groups in total. The lowest BCUT2D eigenvalue weighted by molar-refractivity contribution is 0.417. The average molecular weight is 252 g/mol. The Morgan fingerprint density at radius 3 is 2.88 bits per heavy atom. The van der Waals surface area contributed by atoms with Crippen LogP contribution < -0.4 is 5.73 Å². The van der Waals surface area contributed by atoms with Gasteiger partial charge in [-0.2, -0.15) is 4.98 Å². The van der Waals surface area contributed by atoms with Crippen molar-refractivity contribution in [1.82, 2.24) is 10.1 Å². The fourth-order valence-electron chi connectivity index (χ4n) is 1.52. The molecule has 0 spiro atoms. The molecule has 0 saturated carbocycles. The number of benzene rings is 1. The van der Waals surface area contributed by atoms with Crippen molar-refractivity contribution in [1.29, 1.82) is 0 Å². The van der Waals surface area contributed by atoms with Crippen molar-refractivity contribution in [3.63, 3.8) is 0 Å². The maximum atomic E-state index is 5.90. The van der Waals surface area contributed by atoms with Gasteiger partial charge in [0.25, 0.3) is 5.89 Å². The molecule has 90 valence electrons. The van der Waals surface area contributed by atoms with E-state index in [1.807, 2.05) is 26.0 Å². The predicted molar refractivity (Wildman–Crippen MR) is 67.0 cm³/mol. The smallest absolute Gasteiger partial charge is 0.258 e. The normalized spacial score (nSPS) is 12.7. The number of hydrogen-bond acceptors (Lipinski definition) is 4. The molecule has 1 atom stereocenters. The van der Waals surface area contributed by atoms with Crippen LogP contribution in [0.15, 0.2) is 22.7 Å². The standard InChI is InChI=1S/C12H14ClN3O/c1-7-5-9(13)3-4-10(7)12-15-11(16-17-12)8(2)6-14/h3-5,8H,6,14H2,1-2H3. The maximum absolute atomic E-state index is 5.90. The summed E-state index contributed by atoms with van der Waals surface area (Å²) in [4.78, 5) is 4.34. The van der Waals surface area contributed by atoms with Crippen LogP contribution in [0, 0.1) is 6.92 Å². The second-order valence-electron chi connectivity index (χ2n) is 4.05. The number of aryl methyl sites for hydroxylation is 1. The number of aromatic nitrogens is 2. The minimum Gasteiger partial charge on any atom is -0.334 e. The first-order chi connectivity index (χ1) is 8.11. The Hall–Kier alpha value is -1.39. The van der Waals surface area contributed by atoms with E-state index in [-0.39, 0.29) is 5.92 Å². The molecule has 2 aromatic rings. The quantitative estimate of drug-likeness (QED) is 0.911. The number of halogens is 1. The zero-order chi connectivity index (χ0) is 12.4. The van der Waals surface area contributed by atoms with E-state index in [1.165, 1.54) is 0 Å². The third kappa shape index (κ3) is 2.48. The predicted octanol–water partition coefficient (Wildman–Crippen LogP) is 2.76. The summed E-state index contributed by atoms with van der Waals surface area (Å²) in [5.74, 6) is 1.24. The van der Waals surface area contributed by atoms with Crippen LogP contribution in [0.1, 0.15) is 24.2 Å². The number of rotatable bonds is 3. The van der Waals surface area contributed by atoms with Crippen molar-refractivity contribution in [3.05, 3.63) is 34.6 Å². The molecule has 0 aliphatic carbocycles. The van der Waals surface area contributed by atoms with Gasteiger partial charge in [-0.15, -0.1) is 0 Å². The minimum absolute atomic E-state index is 0.0973. The van der Waals surface area contributed by atoms with E-state index in [4.69, 9.17) is 21.9 Å². The molecule has 4 nitrogen and oxygen atoms in total. The summed E-state index contributed by atoms with van der Waals surface area (Å²) < 4.78 is 5.23. The molecule has 0 radical (unpaired) electrons. The summed E-state index contributed by atoms with van der Waals surface area (Å²) in [5.41, 5.74) is 7.47. The van der Waals surface area contributed by atoms with Crippen LogP contribution in [0.25, 0.3) is 11.5 Å². The Bertz CT molecular complexity index is 524. The summed E-state index contributed by atoms with van der Waals surface area (Å²) >= 11 is 5.90. The molecule has 0 amide bonds. The maximum Gasteiger partial charge on any atom is 0.258 e. The molecule has 0 bridgehead atoms. The Balaban J connectivity index is 2.37. The Labute approximate surface area is 105 Å². The molecule has 0 aliphatic heterocycles. The lowest BCUT2D eigenvalue weighted by Crippen LogP contribution is -2.10. The van der Waals surface area contributed by atoms with Gasteiger partial charge >= 0.3 is 0 Å². The largest absolute Gasteiger partial charge is 0.334 e. The third-order valence-electron chi connectivity index (χ3n) is 2.65. The van der Waals surface area contributed by atoms with E-state index < -0.39 is 0 Å². The van der Waals surface area contributed by atoms with Crippen molar-refractivity contribution in [2.75, 3.05) is 6.54 Å². The van der Waals surface area contributed by atoms with E-state index in [1.54, 1.807) is 6.07 Å². The van der Waals surface area contributed by atoms with Crippen molar-refractivity contribution >= 4 is 11.6 Å². The van der Waals surface area contributed by atoms with Gasteiger partial charge in [-0.1, -0.05) is 23.7 Å². The molecule has 0 aliphatic rings. The lowest BCUT2D eigenvalue weighted by Gasteiger charge is -2.01. The van der Waals surface area contributed by atoms with Crippen LogP contribution in [0.5, 0.6) is 0 Å². The molecule has 2 rings (SSSR count). The first-order valence-electron chi connectivity index (χ1n) is 5.42. The zero-order valence-electron chi connectivity index (χ0n) is 9.77. The van der Waals surface area contributed by atoms with Crippen LogP contribution in [0.3, 0.4) is 0 Å². The van der Waals surface area contributed by atoms with Crippen molar-refractivity contribution in [3.8, 4) is 11.5 Å². The van der Waals surface area contributed by atoms with E-state index >= 15 is 0 Å². The first-order valence-corrected chi connectivity index (χ1v) is 5.80. The molecule has 17 heavy (non-hydrogen) atoms. The summed E-state index contributed by atoms with van der Waals surface area (Å²) in [6.45, 7) is 4.42. The molecule has 0 fully saturated rings. The van der Waals surface area contributed by atoms with Gasteiger partial charge in [0.15, 0.2) is 5.82 Å². The lowest BCUT2D eigenvalue weighted by atomic mass is 10.1. The Morgan fingerprint density at radius 1 is 1.47 bits per heavy atom. The van der Waals surface area contributed by atoms with Gasteiger partial charge < -0.3 is 10.3 Å². The second kappa shape index (κ2) is 4.85. The number of hydrogen-bond donors (Lipinski definition) is 1. The van der Waals surface area contributed by atoms with Gasteiger partial charge in [-0.05, 0) is 30.7 Å². The number of nitrogens with zero attached hydrogens (tertiary/aromatic N) is 2. The monoisotopic (exact) mass is 251 g/mol. The zero-order valence-corrected chi connectivity index (χ0v) is 10.5. The topological polar surface area (TPSA) is 64.9 Å². The molecule has 1 unspecified atom stereocenters. The van der Waals surface area contributed by atoms with E-state index in [9.17, 15) is 0 Å². The molecule has 5 heteroatoms. The molecular formula is C12H14ClN3O. The second-order valence-corrected chi connectivity index (χ2v) is 4.49. The molecule has 1 aromatic heterocycles. The summed E-state index contributed by atoms with van der Waals surface area (Å²) in [6.07, 6.45) is 0. The summed E-state index contributed by atoms with van der Waals surface area (Å²) in [6, 6.07) is 5.55. The van der Waals surface area contributed by atoms with Crippen LogP contribution in [-0.4, -0.2) is 16.7 Å². The van der Waals surface area contributed by atoms with Gasteiger partial charge in [-0.25, -0.2) is 0 Å². The SMILES string of the molecule is Cc1cc(Cl)ccc1-c1nc(C(C)CN)no1. The molecule has 0 saturated heterocycles. The summed E-state index contributed by atoms with van der Waals surface area (Å²) in [7, 11) is 0. The Morgan fingerprint density at radius 2 is 2.24 bits per heavy atom. The average Bonchev–Trinajstić information content (AvgIpc) is 2.77.